The van der Waals surface area contributed by atoms with Gasteiger partial charge in [0.2, 0.25) is 5.91 Å². The summed E-state index contributed by atoms with van der Waals surface area (Å²) in [5.41, 5.74) is 7.15. The minimum Gasteiger partial charge on any atom is -0.497 e. The number of hydrogen-bond acceptors (Lipinski definition) is 5. The Morgan fingerprint density at radius 3 is 2.32 bits per heavy atom. The lowest BCUT2D eigenvalue weighted by Gasteiger charge is -2.13. The summed E-state index contributed by atoms with van der Waals surface area (Å²) in [5.74, 6) is 1.42. The number of carbonyl (C=O) groups excluding carboxylic acids is 2. The van der Waals surface area contributed by atoms with Crippen molar-refractivity contribution in [1.29, 1.82) is 0 Å². The molecule has 6 nitrogen and oxygen atoms in total. The lowest BCUT2D eigenvalue weighted by atomic mass is 10.0. The van der Waals surface area contributed by atoms with E-state index >= 15 is 0 Å². The minimum absolute atomic E-state index is 0.0423. The van der Waals surface area contributed by atoms with E-state index in [1.807, 2.05) is 37.3 Å². The van der Waals surface area contributed by atoms with Crippen molar-refractivity contribution in [3.63, 3.8) is 0 Å². The van der Waals surface area contributed by atoms with Gasteiger partial charge in [-0.25, -0.2) is 0 Å². The van der Waals surface area contributed by atoms with Crippen molar-refractivity contribution in [2.45, 2.75) is 77.7 Å². The molecule has 0 saturated carbocycles. The van der Waals surface area contributed by atoms with E-state index in [1.165, 1.54) is 50.9 Å². The molecule has 1 amide bonds. The van der Waals surface area contributed by atoms with Crippen LogP contribution >= 0.6 is 0 Å². The predicted octanol–water partition coefficient (Wildman–Crippen LogP) is 5.77. The summed E-state index contributed by atoms with van der Waals surface area (Å²) in [6.45, 7) is 7.96. The first kappa shape index (κ1) is 32.7. The molecule has 1 heterocycles. The topological polar surface area (TPSA) is 81.9 Å². The Morgan fingerprint density at radius 1 is 1.03 bits per heavy atom. The van der Waals surface area contributed by atoms with Gasteiger partial charge in [0, 0.05) is 18.4 Å². The van der Waals surface area contributed by atoms with Gasteiger partial charge in [-0.3, -0.25) is 9.59 Å². The second-order valence-electron chi connectivity index (χ2n) is 9.42. The zero-order chi connectivity index (χ0) is 28.2. The number of rotatable bonds is 13. The predicted molar refractivity (Wildman–Crippen MR) is 156 cm³/mol. The van der Waals surface area contributed by atoms with Crippen molar-refractivity contribution in [1.82, 2.24) is 4.90 Å². The van der Waals surface area contributed by atoms with Crippen molar-refractivity contribution < 1.29 is 19.1 Å². The van der Waals surface area contributed by atoms with Crippen molar-refractivity contribution in [3.8, 4) is 18.6 Å². The van der Waals surface area contributed by atoms with E-state index in [0.717, 1.165) is 17.9 Å². The van der Waals surface area contributed by atoms with Crippen molar-refractivity contribution in [3.05, 3.63) is 65.5 Å². The van der Waals surface area contributed by atoms with Gasteiger partial charge in [-0.05, 0) is 107 Å². The molecule has 1 aliphatic heterocycles. The molecule has 1 aliphatic carbocycles. The highest BCUT2D eigenvalue weighted by molar-refractivity contribution is 5.98. The highest BCUT2D eigenvalue weighted by atomic mass is 16.5. The van der Waals surface area contributed by atoms with E-state index in [9.17, 15) is 9.59 Å². The van der Waals surface area contributed by atoms with Crippen LogP contribution in [0.5, 0.6) is 5.75 Å². The van der Waals surface area contributed by atoms with Crippen LogP contribution in [0.2, 0.25) is 0 Å². The van der Waals surface area contributed by atoms with E-state index in [2.05, 4.69) is 36.8 Å². The monoisotopic (exact) mass is 522 g/mol. The first-order valence-corrected chi connectivity index (χ1v) is 13.7. The number of ketones is 1. The number of ether oxygens (including phenoxy) is 2. The first-order chi connectivity index (χ1) is 18.4. The Bertz CT molecular complexity index is 938. The first-order valence-electron chi connectivity index (χ1n) is 13.7. The van der Waals surface area contributed by atoms with Crippen molar-refractivity contribution in [2.24, 2.45) is 5.73 Å². The smallest absolute Gasteiger partial charge is 0.217 e. The van der Waals surface area contributed by atoms with Crippen LogP contribution in [0.4, 0.5) is 0 Å². The third-order valence-corrected chi connectivity index (χ3v) is 6.44. The summed E-state index contributed by atoms with van der Waals surface area (Å²) in [5, 5.41) is 0. The molecule has 0 bridgehead atoms. The molecule has 2 N–H and O–H groups in total. The number of hydrogen-bond donors (Lipinski definition) is 1. The zero-order valence-electron chi connectivity index (χ0n) is 23.5. The van der Waals surface area contributed by atoms with Crippen LogP contribution in [-0.4, -0.2) is 49.4 Å². The maximum Gasteiger partial charge on any atom is 0.217 e. The van der Waals surface area contributed by atoms with E-state index in [4.69, 9.17) is 15.2 Å². The number of primary amides is 1. The highest BCUT2D eigenvalue weighted by Crippen LogP contribution is 2.17. The molecule has 1 unspecified atom stereocenters. The van der Waals surface area contributed by atoms with Gasteiger partial charge in [-0.2, -0.15) is 0 Å². The molecule has 6 heteroatoms. The number of nitrogens with two attached hydrogens (primary N) is 1. The fourth-order valence-electron chi connectivity index (χ4n) is 4.09. The number of benzene rings is 1. The van der Waals surface area contributed by atoms with Gasteiger partial charge in [-0.1, -0.05) is 25.1 Å². The summed E-state index contributed by atoms with van der Waals surface area (Å²) in [6.07, 6.45) is 23.6. The summed E-state index contributed by atoms with van der Waals surface area (Å²) in [7, 11) is 1.71. The lowest BCUT2D eigenvalue weighted by Crippen LogP contribution is -2.20. The third-order valence-electron chi connectivity index (χ3n) is 6.44. The average molecular weight is 523 g/mol. The Kier molecular flexibility index (Phi) is 17.0. The Morgan fingerprint density at radius 2 is 1.71 bits per heavy atom. The normalized spacial score (nSPS) is 15.4. The van der Waals surface area contributed by atoms with Crippen LogP contribution in [-0.2, 0) is 20.7 Å². The molecule has 0 radical (unpaired) electrons. The standard InChI is InChI=1S/C16H23NO3.C14H21NO.C2H2/c1-3-12(2)20-14-7-4-6-13(10-11-14)15(18)8-5-9-16(17)19;1-16-14-8-6-13(7-9-14)5-4-12-15-10-2-3-11-15;1-2/h6-7,10-12H,3-5,8-9H2,1-2H3,(H2,17,19);6-9H,2-5,10-12H2,1H3;1-2H. The molecule has 1 fully saturated rings. The average Bonchev–Trinajstić information content (AvgIpc) is 3.34. The fourth-order valence-corrected chi connectivity index (χ4v) is 4.09. The summed E-state index contributed by atoms with van der Waals surface area (Å²) < 4.78 is 10.9. The molecule has 3 rings (SSSR count). The number of amides is 1. The van der Waals surface area contributed by atoms with Crippen LogP contribution in [0.1, 0.15) is 70.8 Å². The number of allylic oxidation sites excluding steroid dienone is 5. The summed E-state index contributed by atoms with van der Waals surface area (Å²) >= 11 is 0. The van der Waals surface area contributed by atoms with E-state index < -0.39 is 0 Å². The maximum absolute atomic E-state index is 12.0. The number of aryl methyl sites for hydroxylation is 1. The number of terminal acetylenes is 1. The minimum atomic E-state index is -0.367. The SMILES string of the molecule is C#C.CCC(C)OC1=CCC=C(C(=O)CCCC(N)=O)C=C1.COc1ccc(CCCN2CCCC2)cc1. The second kappa shape index (κ2) is 19.8. The fraction of sp³-hybridized carbons (Fsp3) is 0.500. The number of carbonyl (C=O) groups is 2. The van der Waals surface area contributed by atoms with Crippen LogP contribution in [0.15, 0.2) is 59.9 Å². The molecule has 208 valence electrons. The molecular weight excluding hydrogens is 476 g/mol. The van der Waals surface area contributed by atoms with Crippen LogP contribution in [0.3, 0.4) is 0 Å². The molecule has 1 aromatic carbocycles. The van der Waals surface area contributed by atoms with E-state index in [0.29, 0.717) is 24.8 Å². The van der Waals surface area contributed by atoms with Gasteiger partial charge in [0.1, 0.15) is 11.5 Å². The van der Waals surface area contributed by atoms with Gasteiger partial charge < -0.3 is 20.1 Å². The third kappa shape index (κ3) is 13.9. The Hall–Kier alpha value is -3.30. The van der Waals surface area contributed by atoms with Gasteiger partial charge in [0.05, 0.1) is 13.2 Å². The van der Waals surface area contributed by atoms with Gasteiger partial charge in [-0.15, -0.1) is 12.8 Å². The summed E-state index contributed by atoms with van der Waals surface area (Å²) in [6, 6.07) is 8.43. The van der Waals surface area contributed by atoms with Crippen molar-refractivity contribution in [2.75, 3.05) is 26.7 Å². The van der Waals surface area contributed by atoms with Gasteiger partial charge in [0.25, 0.3) is 0 Å². The molecular formula is C32H46N2O4. The highest BCUT2D eigenvalue weighted by Gasteiger charge is 2.11. The van der Waals surface area contributed by atoms with Crippen LogP contribution in [0.25, 0.3) is 0 Å². The number of likely N-dealkylation sites (tertiary alicyclic amines) is 1. The lowest BCUT2D eigenvalue weighted by molar-refractivity contribution is -0.118. The molecule has 1 atom stereocenters. The number of nitrogens with zero attached hydrogens (tertiary/aromatic N) is 1. The largest absolute Gasteiger partial charge is 0.497 e. The van der Waals surface area contributed by atoms with Crippen LogP contribution in [0, 0.1) is 12.8 Å². The van der Waals surface area contributed by atoms with E-state index in [-0.39, 0.29) is 24.2 Å². The Labute approximate surface area is 230 Å². The zero-order valence-corrected chi connectivity index (χ0v) is 23.5. The molecule has 0 spiro atoms. The number of methoxy groups -OCH3 is 1. The van der Waals surface area contributed by atoms with E-state index in [1.54, 1.807) is 13.2 Å². The molecule has 0 aromatic heterocycles. The van der Waals surface area contributed by atoms with Gasteiger partial charge in [0.15, 0.2) is 5.78 Å². The molecule has 1 aromatic rings. The van der Waals surface area contributed by atoms with Gasteiger partial charge >= 0.3 is 0 Å². The number of Topliss-reactive ketones (excluding diaryl/α,β-unsaturated/α-hetero) is 1. The molecule has 1 saturated heterocycles. The molecule has 2 aliphatic rings. The van der Waals surface area contributed by atoms with Crippen molar-refractivity contribution >= 4 is 11.7 Å². The quantitative estimate of drug-likeness (QED) is 0.333. The Balaban J connectivity index is 0.000000363. The maximum atomic E-state index is 12.0. The molecule has 38 heavy (non-hydrogen) atoms. The second-order valence-corrected chi connectivity index (χ2v) is 9.42. The van der Waals surface area contributed by atoms with Crippen LogP contribution < -0.4 is 10.5 Å². The summed E-state index contributed by atoms with van der Waals surface area (Å²) in [4.78, 5) is 25.2.